The first kappa shape index (κ1) is 11.5. The number of carbonyl (C=O) groups is 1. The Kier molecular flexibility index (Phi) is 2.62. The van der Waals surface area contributed by atoms with Gasteiger partial charge in [-0.25, -0.2) is 4.98 Å². The number of hydrogen-bond acceptors (Lipinski definition) is 3. The molecule has 3 aliphatic rings. The first-order valence-electron chi connectivity index (χ1n) is 7.34. The summed E-state index contributed by atoms with van der Waals surface area (Å²) in [5.74, 6) is 1.82. The number of likely N-dealkylation sites (tertiary alicyclic amines) is 1. The summed E-state index contributed by atoms with van der Waals surface area (Å²) in [5, 5.41) is 3.34. The van der Waals surface area contributed by atoms with Crippen LogP contribution in [0.3, 0.4) is 0 Å². The SMILES string of the molecule is O=C(C1Cc2nc[nH]c2CN1)N1CC2CCCC2C1. The normalized spacial score (nSPS) is 33.3. The molecular weight excluding hydrogens is 240 g/mol. The third-order valence-electron chi connectivity index (χ3n) is 5.07. The molecule has 1 aromatic heterocycles. The van der Waals surface area contributed by atoms with Gasteiger partial charge in [0, 0.05) is 26.1 Å². The molecule has 1 aliphatic carbocycles. The zero-order valence-electron chi connectivity index (χ0n) is 11.1. The Morgan fingerprint density at radius 2 is 2.11 bits per heavy atom. The van der Waals surface area contributed by atoms with Crippen molar-refractivity contribution in [3.05, 3.63) is 17.7 Å². The van der Waals surface area contributed by atoms with Crippen molar-refractivity contribution < 1.29 is 4.79 Å². The van der Waals surface area contributed by atoms with Crippen molar-refractivity contribution >= 4 is 5.91 Å². The summed E-state index contributed by atoms with van der Waals surface area (Å²) in [6.07, 6.45) is 6.44. The number of hydrogen-bond donors (Lipinski definition) is 2. The third kappa shape index (κ3) is 1.87. The van der Waals surface area contributed by atoms with Crippen LogP contribution < -0.4 is 5.32 Å². The van der Waals surface area contributed by atoms with Crippen molar-refractivity contribution in [3.63, 3.8) is 0 Å². The highest BCUT2D eigenvalue weighted by atomic mass is 16.2. The van der Waals surface area contributed by atoms with E-state index in [1.54, 1.807) is 6.33 Å². The molecule has 1 saturated heterocycles. The first-order valence-corrected chi connectivity index (χ1v) is 7.34. The van der Waals surface area contributed by atoms with E-state index in [-0.39, 0.29) is 11.9 Å². The topological polar surface area (TPSA) is 61.0 Å². The monoisotopic (exact) mass is 260 g/mol. The third-order valence-corrected chi connectivity index (χ3v) is 5.07. The standard InChI is InChI=1S/C14H20N4O/c19-14(18-6-9-2-1-3-10(9)7-18)12-4-11-13(5-15-12)17-8-16-11/h8-10,12,15H,1-7H2,(H,16,17). The van der Waals surface area contributed by atoms with Gasteiger partial charge < -0.3 is 9.88 Å². The van der Waals surface area contributed by atoms with Gasteiger partial charge in [0.2, 0.25) is 5.91 Å². The van der Waals surface area contributed by atoms with Crippen LogP contribution in [0.5, 0.6) is 0 Å². The summed E-state index contributed by atoms with van der Waals surface area (Å²) < 4.78 is 0. The number of fused-ring (bicyclic) bond motifs is 2. The minimum atomic E-state index is -0.0744. The quantitative estimate of drug-likeness (QED) is 0.780. The highest BCUT2D eigenvalue weighted by Crippen LogP contribution is 2.38. The van der Waals surface area contributed by atoms with Crippen LogP contribution in [0.4, 0.5) is 0 Å². The van der Waals surface area contributed by atoms with E-state index in [1.165, 1.54) is 19.3 Å². The largest absolute Gasteiger partial charge is 0.347 e. The lowest BCUT2D eigenvalue weighted by Gasteiger charge is -2.27. The number of imidazole rings is 1. The average Bonchev–Trinajstić information content (AvgIpc) is 3.11. The molecule has 1 amide bonds. The zero-order chi connectivity index (χ0) is 12.8. The molecule has 3 unspecified atom stereocenters. The number of aromatic nitrogens is 2. The second-order valence-electron chi connectivity index (χ2n) is 6.16. The molecule has 19 heavy (non-hydrogen) atoms. The van der Waals surface area contributed by atoms with Crippen molar-refractivity contribution in [1.82, 2.24) is 20.2 Å². The van der Waals surface area contributed by atoms with Crippen molar-refractivity contribution in [3.8, 4) is 0 Å². The van der Waals surface area contributed by atoms with Crippen molar-refractivity contribution in [2.45, 2.75) is 38.3 Å². The fourth-order valence-electron chi connectivity index (χ4n) is 3.98. The summed E-state index contributed by atoms with van der Waals surface area (Å²) >= 11 is 0. The van der Waals surface area contributed by atoms with E-state index >= 15 is 0 Å². The average molecular weight is 260 g/mol. The molecule has 1 saturated carbocycles. The Labute approximate surface area is 112 Å². The highest BCUT2D eigenvalue weighted by Gasteiger charge is 2.40. The van der Waals surface area contributed by atoms with Gasteiger partial charge in [0.15, 0.2) is 0 Å². The van der Waals surface area contributed by atoms with Gasteiger partial charge in [0.25, 0.3) is 0 Å². The molecule has 2 N–H and O–H groups in total. The van der Waals surface area contributed by atoms with Crippen molar-refractivity contribution in [2.75, 3.05) is 13.1 Å². The lowest BCUT2D eigenvalue weighted by molar-refractivity contribution is -0.132. The molecule has 1 aromatic rings. The van der Waals surface area contributed by atoms with Crippen LogP contribution in [0.2, 0.25) is 0 Å². The van der Waals surface area contributed by atoms with Gasteiger partial charge in [-0.1, -0.05) is 6.42 Å². The number of rotatable bonds is 1. The van der Waals surface area contributed by atoms with Crippen LogP contribution >= 0.6 is 0 Å². The number of nitrogens with zero attached hydrogens (tertiary/aromatic N) is 2. The molecule has 0 aromatic carbocycles. The van der Waals surface area contributed by atoms with Crippen LogP contribution in [0, 0.1) is 11.8 Å². The molecule has 5 heteroatoms. The maximum Gasteiger partial charge on any atom is 0.240 e. The Morgan fingerprint density at radius 1 is 1.32 bits per heavy atom. The van der Waals surface area contributed by atoms with Crippen LogP contribution in [0.1, 0.15) is 30.7 Å². The Hall–Kier alpha value is -1.36. The molecule has 3 atom stereocenters. The maximum absolute atomic E-state index is 12.6. The van der Waals surface area contributed by atoms with E-state index in [1.807, 2.05) is 0 Å². The second kappa shape index (κ2) is 4.34. The van der Waals surface area contributed by atoms with Gasteiger partial charge in [0.05, 0.1) is 23.8 Å². The molecule has 5 nitrogen and oxygen atoms in total. The minimum absolute atomic E-state index is 0.0744. The number of H-pyrrole nitrogens is 1. The predicted octanol–water partition coefficient (Wildman–Crippen LogP) is 0.682. The van der Waals surface area contributed by atoms with E-state index in [4.69, 9.17) is 0 Å². The lowest BCUT2D eigenvalue weighted by Crippen LogP contribution is -2.49. The van der Waals surface area contributed by atoms with Crippen LogP contribution in [0.25, 0.3) is 0 Å². The Balaban J connectivity index is 1.44. The molecule has 4 rings (SSSR count). The van der Waals surface area contributed by atoms with E-state index in [0.29, 0.717) is 0 Å². The smallest absolute Gasteiger partial charge is 0.240 e. The summed E-state index contributed by atoms with van der Waals surface area (Å²) in [7, 11) is 0. The number of amides is 1. The van der Waals surface area contributed by atoms with E-state index in [9.17, 15) is 4.79 Å². The molecule has 0 spiro atoms. The van der Waals surface area contributed by atoms with Gasteiger partial charge in [-0.2, -0.15) is 0 Å². The summed E-state index contributed by atoms with van der Waals surface area (Å²) in [4.78, 5) is 22.1. The van der Waals surface area contributed by atoms with Crippen molar-refractivity contribution in [2.24, 2.45) is 11.8 Å². The summed E-state index contributed by atoms with van der Waals surface area (Å²) in [5.41, 5.74) is 2.18. The number of carbonyl (C=O) groups excluding carboxylic acids is 1. The van der Waals surface area contributed by atoms with E-state index in [2.05, 4.69) is 20.2 Å². The van der Waals surface area contributed by atoms with Gasteiger partial charge in [-0.05, 0) is 24.7 Å². The fourth-order valence-corrected chi connectivity index (χ4v) is 3.98. The Bertz CT molecular complexity index is 485. The van der Waals surface area contributed by atoms with Crippen LogP contribution in [-0.4, -0.2) is 39.9 Å². The van der Waals surface area contributed by atoms with Gasteiger partial charge in [-0.3, -0.25) is 10.1 Å². The van der Waals surface area contributed by atoms with Crippen LogP contribution in [-0.2, 0) is 17.8 Å². The van der Waals surface area contributed by atoms with Gasteiger partial charge in [0.1, 0.15) is 0 Å². The molecule has 0 bridgehead atoms. The van der Waals surface area contributed by atoms with E-state index in [0.717, 1.165) is 49.3 Å². The molecule has 2 aliphatic heterocycles. The van der Waals surface area contributed by atoms with Crippen LogP contribution in [0.15, 0.2) is 6.33 Å². The summed E-state index contributed by atoms with van der Waals surface area (Å²) in [6, 6.07) is -0.0744. The molecule has 0 radical (unpaired) electrons. The molecule has 2 fully saturated rings. The number of aromatic amines is 1. The van der Waals surface area contributed by atoms with Crippen molar-refractivity contribution in [1.29, 1.82) is 0 Å². The molecule has 102 valence electrons. The molecule has 3 heterocycles. The predicted molar refractivity (Wildman–Crippen MR) is 70.3 cm³/mol. The minimum Gasteiger partial charge on any atom is -0.347 e. The lowest BCUT2D eigenvalue weighted by atomic mass is 10.0. The first-order chi connectivity index (χ1) is 9.31. The van der Waals surface area contributed by atoms with E-state index < -0.39 is 0 Å². The zero-order valence-corrected chi connectivity index (χ0v) is 11.1. The van der Waals surface area contributed by atoms with Gasteiger partial charge >= 0.3 is 0 Å². The Morgan fingerprint density at radius 3 is 2.89 bits per heavy atom. The maximum atomic E-state index is 12.6. The molecular formula is C14H20N4O. The summed E-state index contributed by atoms with van der Waals surface area (Å²) in [6.45, 7) is 2.69. The second-order valence-corrected chi connectivity index (χ2v) is 6.16. The number of nitrogens with one attached hydrogen (secondary N) is 2. The fraction of sp³-hybridized carbons (Fsp3) is 0.714. The van der Waals surface area contributed by atoms with Gasteiger partial charge in [-0.15, -0.1) is 0 Å². The highest BCUT2D eigenvalue weighted by molar-refractivity contribution is 5.82.